The van der Waals surface area contributed by atoms with Gasteiger partial charge in [0.1, 0.15) is 24.2 Å². The Morgan fingerprint density at radius 2 is 1.68 bits per heavy atom. The van der Waals surface area contributed by atoms with Gasteiger partial charge in [0, 0.05) is 0 Å². The summed E-state index contributed by atoms with van der Waals surface area (Å²) in [6.07, 6.45) is -0.469. The fourth-order valence-corrected chi connectivity index (χ4v) is 4.31. The number of carbonyl (C=O) groups excluding carboxylic acids is 3. The van der Waals surface area contributed by atoms with Gasteiger partial charge in [0.05, 0.1) is 16.8 Å². The lowest BCUT2D eigenvalue weighted by atomic mass is 9.96. The average Bonchev–Trinajstić information content (AvgIpc) is 2.80. The fourth-order valence-electron chi connectivity index (χ4n) is 4.04. The molecule has 0 aliphatic carbocycles. The fraction of sp³-hybridized carbons (Fsp3) is 0.448. The van der Waals surface area contributed by atoms with Crippen molar-refractivity contribution >= 4 is 35.2 Å². The Bertz CT molecular complexity index is 1180. The zero-order valence-corrected chi connectivity index (χ0v) is 23.8. The first-order chi connectivity index (χ1) is 17.7. The first-order valence-electron chi connectivity index (χ1n) is 12.5. The molecule has 3 amide bonds. The summed E-state index contributed by atoms with van der Waals surface area (Å²) in [5, 5.41) is 15.6. The number of para-hydroxylation sites is 1. The molecule has 2 atom stereocenters. The number of carbonyl (C=O) groups is 3. The van der Waals surface area contributed by atoms with Gasteiger partial charge in [0.15, 0.2) is 0 Å². The van der Waals surface area contributed by atoms with Crippen LogP contribution in [0.5, 0.6) is 0 Å². The van der Waals surface area contributed by atoms with E-state index in [1.54, 1.807) is 45.0 Å². The molecule has 2 aromatic carbocycles. The van der Waals surface area contributed by atoms with Crippen molar-refractivity contribution in [3.63, 3.8) is 0 Å². The number of hydrogen-bond acceptors (Lipinski definition) is 5. The van der Waals surface area contributed by atoms with E-state index < -0.39 is 35.6 Å². The number of hydrogen-bond donors (Lipinski definition) is 2. The second kappa shape index (κ2) is 13.3. The number of ether oxygens (including phenoxy) is 1. The molecule has 0 saturated carbocycles. The molecule has 2 N–H and O–H groups in total. The number of halogens is 1. The third-order valence-corrected chi connectivity index (χ3v) is 6.05. The summed E-state index contributed by atoms with van der Waals surface area (Å²) >= 11 is 6.37. The third-order valence-electron chi connectivity index (χ3n) is 5.73. The predicted octanol–water partition coefficient (Wildman–Crippen LogP) is 5.93. The number of anilines is 1. The van der Waals surface area contributed by atoms with E-state index in [0.717, 1.165) is 11.1 Å². The van der Waals surface area contributed by atoms with Gasteiger partial charge in [-0.15, -0.1) is 0 Å². The van der Waals surface area contributed by atoms with Crippen LogP contribution in [0.3, 0.4) is 0 Å². The highest BCUT2D eigenvalue weighted by atomic mass is 35.5. The van der Waals surface area contributed by atoms with E-state index in [9.17, 15) is 19.6 Å². The molecule has 38 heavy (non-hydrogen) atoms. The van der Waals surface area contributed by atoms with Gasteiger partial charge in [-0.1, -0.05) is 61.8 Å². The van der Waals surface area contributed by atoms with E-state index in [0.29, 0.717) is 16.3 Å². The highest BCUT2D eigenvalue weighted by Gasteiger charge is 2.37. The lowest BCUT2D eigenvalue weighted by molar-refractivity contribution is -0.140. The summed E-state index contributed by atoms with van der Waals surface area (Å²) in [5.74, 6) is -1.07. The van der Waals surface area contributed by atoms with E-state index in [-0.39, 0.29) is 18.9 Å². The molecule has 0 saturated heterocycles. The number of nitrogens with one attached hydrogen (secondary N) is 2. The van der Waals surface area contributed by atoms with E-state index in [4.69, 9.17) is 16.3 Å². The van der Waals surface area contributed by atoms with Crippen LogP contribution in [-0.4, -0.2) is 41.0 Å². The van der Waals surface area contributed by atoms with Gasteiger partial charge in [0.25, 0.3) is 5.91 Å². The van der Waals surface area contributed by atoms with Crippen LogP contribution in [0.2, 0.25) is 5.02 Å². The zero-order chi connectivity index (χ0) is 28.6. The molecule has 2 unspecified atom stereocenters. The van der Waals surface area contributed by atoms with Crippen molar-refractivity contribution in [3.05, 3.63) is 64.2 Å². The van der Waals surface area contributed by atoms with E-state index in [2.05, 4.69) is 10.6 Å². The summed E-state index contributed by atoms with van der Waals surface area (Å²) in [5.41, 5.74) is 1.72. The van der Waals surface area contributed by atoms with Crippen LogP contribution in [-0.2, 0) is 14.3 Å². The van der Waals surface area contributed by atoms with Gasteiger partial charge in [-0.25, -0.2) is 4.79 Å². The Kier molecular flexibility index (Phi) is 10.7. The van der Waals surface area contributed by atoms with Crippen LogP contribution in [0.4, 0.5) is 10.5 Å². The number of aryl methyl sites for hydroxylation is 2. The van der Waals surface area contributed by atoms with E-state index in [1.807, 2.05) is 52.0 Å². The third kappa shape index (κ3) is 8.49. The molecule has 0 aliphatic heterocycles. The van der Waals surface area contributed by atoms with Gasteiger partial charge in [-0.3, -0.25) is 9.59 Å². The van der Waals surface area contributed by atoms with Gasteiger partial charge in [0.2, 0.25) is 5.91 Å². The molecule has 0 aromatic heterocycles. The molecule has 0 fully saturated rings. The van der Waals surface area contributed by atoms with Crippen LogP contribution in [0.15, 0.2) is 42.5 Å². The second-order valence-corrected chi connectivity index (χ2v) is 11.0. The minimum Gasteiger partial charge on any atom is -0.444 e. The maximum absolute atomic E-state index is 14.0. The lowest BCUT2D eigenvalue weighted by Crippen LogP contribution is -2.53. The van der Waals surface area contributed by atoms with Gasteiger partial charge < -0.3 is 20.3 Å². The molecule has 0 aliphatic rings. The van der Waals surface area contributed by atoms with Crippen LogP contribution in [0, 0.1) is 31.1 Å². The predicted molar refractivity (Wildman–Crippen MR) is 149 cm³/mol. The molecular weight excluding hydrogens is 504 g/mol. The Hall–Kier alpha value is -3.57. The first-order valence-corrected chi connectivity index (χ1v) is 12.9. The monoisotopic (exact) mass is 540 g/mol. The Balaban J connectivity index is 2.56. The molecule has 8 nitrogen and oxygen atoms in total. The summed E-state index contributed by atoms with van der Waals surface area (Å²) < 4.78 is 5.38. The SMILES string of the molecule is Cc1ccccc1C(C(=O)Nc1c(C)cccc1Cl)N(CC#N)C(=O)C(CC(C)C)NC(=O)OC(C)(C)C. The van der Waals surface area contributed by atoms with Crippen molar-refractivity contribution in [2.45, 2.75) is 72.6 Å². The highest BCUT2D eigenvalue weighted by Crippen LogP contribution is 2.30. The molecule has 9 heteroatoms. The standard InChI is InChI=1S/C29H37ClN4O4/c1-18(2)17-23(32-28(37)38-29(5,6)7)27(36)34(16-15-31)25(21-13-9-8-11-19(21)3)26(35)33-24-20(4)12-10-14-22(24)30/h8-14,18,23,25H,16-17H2,1-7H3,(H,32,37)(H,33,35). The summed E-state index contributed by atoms with van der Waals surface area (Å²) in [4.78, 5) is 41.7. The Labute approximate surface area is 230 Å². The number of amides is 3. The van der Waals surface area contributed by atoms with Crippen molar-refractivity contribution in [2.24, 2.45) is 5.92 Å². The van der Waals surface area contributed by atoms with Crippen molar-refractivity contribution in [1.29, 1.82) is 5.26 Å². The van der Waals surface area contributed by atoms with Gasteiger partial charge >= 0.3 is 6.09 Å². The van der Waals surface area contributed by atoms with E-state index >= 15 is 0 Å². The van der Waals surface area contributed by atoms with Crippen molar-refractivity contribution in [1.82, 2.24) is 10.2 Å². The minimum absolute atomic E-state index is 0.0272. The number of nitriles is 1. The maximum atomic E-state index is 14.0. The summed E-state index contributed by atoms with van der Waals surface area (Å²) in [7, 11) is 0. The molecule has 2 aromatic rings. The number of alkyl carbamates (subject to hydrolysis) is 1. The van der Waals surface area contributed by atoms with Crippen LogP contribution < -0.4 is 10.6 Å². The smallest absolute Gasteiger partial charge is 0.408 e. The zero-order valence-electron chi connectivity index (χ0n) is 23.1. The van der Waals surface area contributed by atoms with Crippen molar-refractivity contribution in [2.75, 3.05) is 11.9 Å². The van der Waals surface area contributed by atoms with E-state index in [1.165, 1.54) is 4.90 Å². The van der Waals surface area contributed by atoms with Crippen LogP contribution >= 0.6 is 11.6 Å². The molecule has 204 valence electrons. The van der Waals surface area contributed by atoms with Gasteiger partial charge in [-0.05, 0) is 69.7 Å². The number of rotatable bonds is 9. The lowest BCUT2D eigenvalue weighted by Gasteiger charge is -2.34. The molecule has 0 bridgehead atoms. The average molecular weight is 541 g/mol. The Morgan fingerprint density at radius 1 is 1.05 bits per heavy atom. The topological polar surface area (TPSA) is 112 Å². The quantitative estimate of drug-likeness (QED) is 0.383. The Morgan fingerprint density at radius 3 is 2.24 bits per heavy atom. The summed E-state index contributed by atoms with van der Waals surface area (Å²) in [6.45, 7) is 12.3. The van der Waals surface area contributed by atoms with Crippen molar-refractivity contribution in [3.8, 4) is 6.07 Å². The molecule has 0 radical (unpaired) electrons. The highest BCUT2D eigenvalue weighted by molar-refractivity contribution is 6.34. The molecular formula is C29H37ClN4O4. The van der Waals surface area contributed by atoms with Crippen LogP contribution in [0.25, 0.3) is 0 Å². The minimum atomic E-state index is -1.16. The number of benzene rings is 2. The summed E-state index contributed by atoms with van der Waals surface area (Å²) in [6, 6.07) is 12.3. The molecule has 2 rings (SSSR count). The largest absolute Gasteiger partial charge is 0.444 e. The molecule has 0 heterocycles. The first kappa shape index (κ1) is 30.7. The van der Waals surface area contributed by atoms with Crippen LogP contribution in [0.1, 0.15) is 63.8 Å². The molecule has 0 spiro atoms. The maximum Gasteiger partial charge on any atom is 0.408 e. The van der Waals surface area contributed by atoms with Crippen molar-refractivity contribution < 1.29 is 19.1 Å². The van der Waals surface area contributed by atoms with Gasteiger partial charge in [-0.2, -0.15) is 5.26 Å². The number of nitrogens with zero attached hydrogens (tertiary/aromatic N) is 2. The normalized spacial score (nSPS) is 12.7. The second-order valence-electron chi connectivity index (χ2n) is 10.6.